The molecule has 4 nitrogen and oxygen atoms in total. The number of benzene rings is 1. The van der Waals surface area contributed by atoms with Gasteiger partial charge in [0.2, 0.25) is 0 Å². The van der Waals surface area contributed by atoms with Crippen LogP contribution in [0.1, 0.15) is 32.3 Å². The molecule has 0 bridgehead atoms. The molecule has 0 aliphatic heterocycles. The molecule has 1 aromatic carbocycles. The molecule has 1 heterocycles. The van der Waals surface area contributed by atoms with E-state index >= 15 is 0 Å². The van der Waals surface area contributed by atoms with E-state index in [1.165, 1.54) is 12.5 Å². The van der Waals surface area contributed by atoms with Gasteiger partial charge < -0.3 is 4.98 Å². The van der Waals surface area contributed by atoms with Gasteiger partial charge in [-0.15, -0.1) is 0 Å². The number of carbonyl (C=O) groups is 2. The summed E-state index contributed by atoms with van der Waals surface area (Å²) in [5, 5.41) is 0. The Labute approximate surface area is 91.3 Å². The quantitative estimate of drug-likeness (QED) is 0.730. The number of ketones is 2. The maximum Gasteiger partial charge on any atom is 0.180 e. The van der Waals surface area contributed by atoms with Crippen LogP contribution >= 0.6 is 0 Å². The third kappa shape index (κ3) is 1.07. The van der Waals surface area contributed by atoms with E-state index in [4.69, 9.17) is 0 Å². The van der Waals surface area contributed by atoms with Crippen LogP contribution in [-0.4, -0.2) is 21.5 Å². The van der Waals surface area contributed by atoms with Crippen LogP contribution in [0, 0.1) is 0 Å². The highest BCUT2D eigenvalue weighted by Gasteiger charge is 2.39. The van der Waals surface area contributed by atoms with E-state index in [1.807, 2.05) is 0 Å². The van der Waals surface area contributed by atoms with Crippen molar-refractivity contribution in [1.29, 1.82) is 0 Å². The summed E-state index contributed by atoms with van der Waals surface area (Å²) in [6.45, 7) is 0. The van der Waals surface area contributed by atoms with Gasteiger partial charge >= 0.3 is 0 Å². The highest BCUT2D eigenvalue weighted by molar-refractivity contribution is 6.29. The Morgan fingerprint density at radius 1 is 1.06 bits per heavy atom. The number of imidazole rings is 1. The molecule has 0 radical (unpaired) electrons. The molecule has 3 rings (SSSR count). The number of hydrogen-bond acceptors (Lipinski definition) is 3. The maximum absolute atomic E-state index is 12.0. The lowest BCUT2D eigenvalue weighted by Crippen LogP contribution is -2.13. The number of aromatic amines is 1. The van der Waals surface area contributed by atoms with Crippen LogP contribution in [0.4, 0.5) is 0 Å². The Balaban J connectivity index is 2.15. The van der Waals surface area contributed by atoms with Crippen molar-refractivity contribution in [3.63, 3.8) is 0 Å². The summed E-state index contributed by atoms with van der Waals surface area (Å²) >= 11 is 0. The van der Waals surface area contributed by atoms with Gasteiger partial charge in [0.05, 0.1) is 12.0 Å². The number of hydrogen-bond donors (Lipinski definition) is 1. The van der Waals surface area contributed by atoms with Gasteiger partial charge in [0, 0.05) is 17.3 Å². The van der Waals surface area contributed by atoms with E-state index < -0.39 is 5.92 Å². The van der Waals surface area contributed by atoms with Gasteiger partial charge in [-0.25, -0.2) is 4.98 Å². The molecular weight excluding hydrogens is 204 g/mol. The van der Waals surface area contributed by atoms with Gasteiger partial charge in [0.1, 0.15) is 5.92 Å². The average molecular weight is 212 g/mol. The second kappa shape index (κ2) is 3.13. The number of H-pyrrole nitrogens is 1. The number of nitrogens with one attached hydrogen (secondary N) is 1. The van der Waals surface area contributed by atoms with Gasteiger partial charge in [-0.05, 0) is 0 Å². The number of Topliss-reactive ketones (excluding diaryl/α,β-unsaturated/α-hetero) is 2. The van der Waals surface area contributed by atoms with Crippen molar-refractivity contribution < 1.29 is 9.59 Å². The molecule has 0 saturated heterocycles. The maximum atomic E-state index is 12.0. The van der Waals surface area contributed by atoms with Crippen molar-refractivity contribution in [2.45, 2.75) is 5.92 Å². The number of aromatic nitrogens is 2. The Bertz CT molecular complexity index is 537. The van der Waals surface area contributed by atoms with Crippen molar-refractivity contribution in [3.05, 3.63) is 53.6 Å². The van der Waals surface area contributed by atoms with Crippen molar-refractivity contribution >= 4 is 11.6 Å². The largest absolute Gasteiger partial charge is 0.348 e. The fraction of sp³-hybridized carbons (Fsp3) is 0.0833. The van der Waals surface area contributed by atoms with E-state index in [2.05, 4.69) is 9.97 Å². The molecule has 0 atom stereocenters. The molecule has 0 saturated carbocycles. The van der Waals surface area contributed by atoms with E-state index in [0.717, 1.165) is 0 Å². The van der Waals surface area contributed by atoms with E-state index in [9.17, 15) is 9.59 Å². The Morgan fingerprint density at radius 2 is 1.69 bits per heavy atom. The molecule has 16 heavy (non-hydrogen) atoms. The number of rotatable bonds is 1. The first kappa shape index (κ1) is 9.03. The molecule has 4 heteroatoms. The predicted molar refractivity (Wildman–Crippen MR) is 56.4 cm³/mol. The van der Waals surface area contributed by atoms with E-state index in [-0.39, 0.29) is 11.6 Å². The van der Waals surface area contributed by atoms with Crippen LogP contribution in [-0.2, 0) is 0 Å². The molecule has 0 spiro atoms. The summed E-state index contributed by atoms with van der Waals surface area (Å²) in [7, 11) is 0. The summed E-state index contributed by atoms with van der Waals surface area (Å²) in [4.78, 5) is 30.7. The minimum Gasteiger partial charge on any atom is -0.348 e. The normalized spacial score (nSPS) is 15.5. The molecule has 0 unspecified atom stereocenters. The summed E-state index contributed by atoms with van der Waals surface area (Å²) in [6.07, 6.45) is 2.99. The van der Waals surface area contributed by atoms with Crippen molar-refractivity contribution in [2.75, 3.05) is 0 Å². The summed E-state index contributed by atoms with van der Waals surface area (Å²) in [6, 6.07) is 6.90. The molecule has 1 aliphatic rings. The smallest absolute Gasteiger partial charge is 0.180 e. The third-order valence-corrected chi connectivity index (χ3v) is 2.81. The Morgan fingerprint density at radius 3 is 2.19 bits per heavy atom. The van der Waals surface area contributed by atoms with E-state index in [0.29, 0.717) is 16.8 Å². The lowest BCUT2D eigenvalue weighted by atomic mass is 10.0. The van der Waals surface area contributed by atoms with Crippen LogP contribution in [0.25, 0.3) is 0 Å². The zero-order chi connectivity index (χ0) is 11.1. The standard InChI is InChI=1S/C12H8N2O2/c15-11-7-3-1-2-4-8(7)12(16)10(11)9-5-13-6-14-9/h1-6,10H,(H,13,14). The highest BCUT2D eigenvalue weighted by atomic mass is 16.2. The fourth-order valence-corrected chi connectivity index (χ4v) is 2.05. The minimum absolute atomic E-state index is 0.148. The lowest BCUT2D eigenvalue weighted by molar-refractivity contribution is 0.0888. The van der Waals surface area contributed by atoms with Gasteiger partial charge in [-0.1, -0.05) is 24.3 Å². The predicted octanol–water partition coefficient (Wildman–Crippen LogP) is 1.57. The van der Waals surface area contributed by atoms with Crippen LogP contribution in [0.3, 0.4) is 0 Å². The zero-order valence-electron chi connectivity index (χ0n) is 8.31. The molecular formula is C12H8N2O2. The lowest BCUT2D eigenvalue weighted by Gasteiger charge is -2.01. The summed E-state index contributed by atoms with van der Waals surface area (Å²) in [5.74, 6) is -1.03. The first-order valence-corrected chi connectivity index (χ1v) is 4.95. The first-order valence-electron chi connectivity index (χ1n) is 4.95. The van der Waals surface area contributed by atoms with Gasteiger partial charge in [0.15, 0.2) is 11.6 Å². The fourth-order valence-electron chi connectivity index (χ4n) is 2.05. The molecule has 1 aromatic heterocycles. The minimum atomic E-state index is -0.736. The van der Waals surface area contributed by atoms with Crippen LogP contribution in [0.5, 0.6) is 0 Å². The summed E-state index contributed by atoms with van der Waals surface area (Å²) in [5.41, 5.74) is 1.57. The monoisotopic (exact) mass is 212 g/mol. The van der Waals surface area contributed by atoms with Crippen molar-refractivity contribution in [1.82, 2.24) is 9.97 Å². The number of fused-ring (bicyclic) bond motifs is 1. The van der Waals surface area contributed by atoms with Crippen molar-refractivity contribution in [2.24, 2.45) is 0 Å². The molecule has 1 N–H and O–H groups in total. The van der Waals surface area contributed by atoms with Crippen molar-refractivity contribution in [3.8, 4) is 0 Å². The third-order valence-electron chi connectivity index (χ3n) is 2.81. The second-order valence-electron chi connectivity index (χ2n) is 3.71. The van der Waals surface area contributed by atoms with Gasteiger partial charge in [-0.3, -0.25) is 9.59 Å². The van der Waals surface area contributed by atoms with Crippen LogP contribution in [0.2, 0.25) is 0 Å². The molecule has 0 amide bonds. The first-order chi connectivity index (χ1) is 7.79. The van der Waals surface area contributed by atoms with Crippen LogP contribution < -0.4 is 0 Å². The van der Waals surface area contributed by atoms with E-state index in [1.54, 1.807) is 24.3 Å². The summed E-state index contributed by atoms with van der Waals surface area (Å²) < 4.78 is 0. The highest BCUT2D eigenvalue weighted by Crippen LogP contribution is 2.32. The molecule has 2 aromatic rings. The molecule has 0 fully saturated rings. The Kier molecular flexibility index (Phi) is 1.77. The number of carbonyl (C=O) groups excluding carboxylic acids is 2. The second-order valence-corrected chi connectivity index (χ2v) is 3.71. The molecule has 1 aliphatic carbocycles. The van der Waals surface area contributed by atoms with Crippen LogP contribution in [0.15, 0.2) is 36.8 Å². The van der Waals surface area contributed by atoms with Gasteiger partial charge in [-0.2, -0.15) is 0 Å². The topological polar surface area (TPSA) is 62.8 Å². The zero-order valence-corrected chi connectivity index (χ0v) is 8.31. The number of nitrogens with zero attached hydrogens (tertiary/aromatic N) is 1. The average Bonchev–Trinajstić information content (AvgIpc) is 2.89. The molecule has 78 valence electrons. The Hall–Kier alpha value is -2.23. The SMILES string of the molecule is O=C1c2ccccc2C(=O)C1c1cnc[nH]1. The van der Waals surface area contributed by atoms with Gasteiger partial charge in [0.25, 0.3) is 0 Å².